The lowest BCUT2D eigenvalue weighted by Crippen LogP contribution is -2.44. The highest BCUT2D eigenvalue weighted by atomic mass is 35.5. The number of nitrogens with one attached hydrogen (secondary N) is 1. The van der Waals surface area contributed by atoms with Gasteiger partial charge in [-0.25, -0.2) is 4.98 Å². The number of piperidine rings is 1. The van der Waals surface area contributed by atoms with E-state index in [-0.39, 0.29) is 5.41 Å². The molecule has 1 fully saturated rings. The Bertz CT molecular complexity index is 626. The first-order valence-corrected chi connectivity index (χ1v) is 8.45. The number of aryl methyl sites for hydroxylation is 1. The average molecular weight is 306 g/mol. The lowest BCUT2D eigenvalue weighted by molar-refractivity contribution is 0.279. The highest BCUT2D eigenvalue weighted by Gasteiger charge is 2.36. The molecule has 3 nitrogen and oxygen atoms in total. The van der Waals surface area contributed by atoms with Gasteiger partial charge in [0.05, 0.1) is 11.0 Å². The standard InChI is InChI=1S/C17H24ClN3/c1-3-10-21-15-7-6-13(18)11-14(15)20-16(21)17(4-2)8-5-9-19-12-17/h6-7,11,19H,3-5,8-10,12H2,1-2H3. The highest BCUT2D eigenvalue weighted by molar-refractivity contribution is 6.31. The first-order chi connectivity index (χ1) is 10.2. The van der Waals surface area contributed by atoms with Crippen LogP contribution < -0.4 is 5.32 Å². The van der Waals surface area contributed by atoms with Crippen molar-refractivity contribution < 1.29 is 0 Å². The fourth-order valence-corrected chi connectivity index (χ4v) is 3.74. The molecule has 1 aliphatic heterocycles. The van der Waals surface area contributed by atoms with Crippen LogP contribution in [0.15, 0.2) is 18.2 Å². The first-order valence-electron chi connectivity index (χ1n) is 8.07. The summed E-state index contributed by atoms with van der Waals surface area (Å²) in [5, 5.41) is 4.34. The first kappa shape index (κ1) is 14.9. The van der Waals surface area contributed by atoms with Crippen molar-refractivity contribution in [3.8, 4) is 0 Å². The van der Waals surface area contributed by atoms with Gasteiger partial charge in [-0.05, 0) is 50.4 Å². The van der Waals surface area contributed by atoms with Gasteiger partial charge in [0, 0.05) is 23.5 Å². The van der Waals surface area contributed by atoms with Crippen LogP contribution in [0.5, 0.6) is 0 Å². The molecule has 0 amide bonds. The van der Waals surface area contributed by atoms with E-state index in [0.717, 1.165) is 43.0 Å². The Morgan fingerprint density at radius 1 is 1.38 bits per heavy atom. The van der Waals surface area contributed by atoms with Crippen LogP contribution in [-0.4, -0.2) is 22.6 Å². The third-order valence-electron chi connectivity index (χ3n) is 4.78. The lowest BCUT2D eigenvalue weighted by atomic mass is 9.77. The topological polar surface area (TPSA) is 29.9 Å². The Labute approximate surface area is 131 Å². The molecule has 3 rings (SSSR count). The molecule has 2 heterocycles. The van der Waals surface area contributed by atoms with Crippen LogP contribution in [0.25, 0.3) is 11.0 Å². The molecule has 1 atom stereocenters. The molecule has 1 aliphatic rings. The SMILES string of the molecule is CCCn1c(C2(CC)CCCNC2)nc2cc(Cl)ccc21. The third-order valence-corrected chi connectivity index (χ3v) is 5.02. The molecule has 1 saturated heterocycles. The maximum atomic E-state index is 6.15. The maximum Gasteiger partial charge on any atom is 0.117 e. The van der Waals surface area contributed by atoms with Crippen LogP contribution in [0.3, 0.4) is 0 Å². The van der Waals surface area contributed by atoms with E-state index in [2.05, 4.69) is 29.8 Å². The van der Waals surface area contributed by atoms with Crippen LogP contribution in [0, 0.1) is 0 Å². The number of nitrogens with zero attached hydrogens (tertiary/aromatic N) is 2. The van der Waals surface area contributed by atoms with Gasteiger partial charge in [0.15, 0.2) is 0 Å². The van der Waals surface area contributed by atoms with Crippen molar-refractivity contribution in [1.82, 2.24) is 14.9 Å². The summed E-state index contributed by atoms with van der Waals surface area (Å²) in [4.78, 5) is 5.00. The quantitative estimate of drug-likeness (QED) is 0.920. The molecule has 0 radical (unpaired) electrons. The second-order valence-electron chi connectivity index (χ2n) is 6.13. The van der Waals surface area contributed by atoms with Crippen molar-refractivity contribution in [2.75, 3.05) is 13.1 Å². The summed E-state index contributed by atoms with van der Waals surface area (Å²) in [7, 11) is 0. The Hall–Kier alpha value is -1.06. The monoisotopic (exact) mass is 305 g/mol. The average Bonchev–Trinajstić information content (AvgIpc) is 2.87. The molecule has 21 heavy (non-hydrogen) atoms. The lowest BCUT2D eigenvalue weighted by Gasteiger charge is -2.36. The largest absolute Gasteiger partial charge is 0.327 e. The van der Waals surface area contributed by atoms with Crippen molar-refractivity contribution in [3.63, 3.8) is 0 Å². The number of fused-ring (bicyclic) bond motifs is 1. The number of rotatable bonds is 4. The van der Waals surface area contributed by atoms with E-state index in [1.54, 1.807) is 0 Å². The van der Waals surface area contributed by atoms with Gasteiger partial charge in [-0.1, -0.05) is 25.4 Å². The second-order valence-corrected chi connectivity index (χ2v) is 6.57. The molecule has 0 spiro atoms. The minimum atomic E-state index is 0.166. The predicted octanol–water partition coefficient (Wildman–Crippen LogP) is 4.13. The highest BCUT2D eigenvalue weighted by Crippen LogP contribution is 2.36. The van der Waals surface area contributed by atoms with Gasteiger partial charge < -0.3 is 9.88 Å². The summed E-state index contributed by atoms with van der Waals surface area (Å²) < 4.78 is 2.42. The van der Waals surface area contributed by atoms with Crippen molar-refractivity contribution in [2.24, 2.45) is 0 Å². The van der Waals surface area contributed by atoms with Gasteiger partial charge >= 0.3 is 0 Å². The molecule has 2 aromatic rings. The zero-order valence-electron chi connectivity index (χ0n) is 13.0. The second kappa shape index (κ2) is 5.98. The van der Waals surface area contributed by atoms with Gasteiger partial charge in [0.2, 0.25) is 0 Å². The van der Waals surface area contributed by atoms with E-state index in [0.29, 0.717) is 0 Å². The number of hydrogen-bond acceptors (Lipinski definition) is 2. The zero-order valence-corrected chi connectivity index (χ0v) is 13.7. The van der Waals surface area contributed by atoms with E-state index in [4.69, 9.17) is 16.6 Å². The summed E-state index contributed by atoms with van der Waals surface area (Å²) in [5.74, 6) is 1.25. The summed E-state index contributed by atoms with van der Waals surface area (Å²) >= 11 is 6.15. The van der Waals surface area contributed by atoms with Crippen molar-refractivity contribution in [2.45, 2.75) is 51.5 Å². The van der Waals surface area contributed by atoms with Gasteiger partial charge in [-0.15, -0.1) is 0 Å². The minimum absolute atomic E-state index is 0.166. The van der Waals surface area contributed by atoms with E-state index >= 15 is 0 Å². The van der Waals surface area contributed by atoms with Crippen LogP contribution in [0.2, 0.25) is 5.02 Å². The van der Waals surface area contributed by atoms with Crippen LogP contribution in [0.4, 0.5) is 0 Å². The number of benzene rings is 1. The van der Waals surface area contributed by atoms with Crippen molar-refractivity contribution in [1.29, 1.82) is 0 Å². The molecule has 1 aromatic heterocycles. The van der Waals surface area contributed by atoms with Crippen molar-refractivity contribution >= 4 is 22.6 Å². The summed E-state index contributed by atoms with van der Waals surface area (Å²) in [6.07, 6.45) is 4.69. The van der Waals surface area contributed by atoms with Gasteiger partial charge in [0.25, 0.3) is 0 Å². The molecule has 0 aliphatic carbocycles. The van der Waals surface area contributed by atoms with Crippen LogP contribution in [-0.2, 0) is 12.0 Å². The molecule has 4 heteroatoms. The van der Waals surface area contributed by atoms with Crippen LogP contribution in [0.1, 0.15) is 45.4 Å². The minimum Gasteiger partial charge on any atom is -0.327 e. The number of hydrogen-bond donors (Lipinski definition) is 1. The Kier molecular flexibility index (Phi) is 4.23. The molecular weight excluding hydrogens is 282 g/mol. The predicted molar refractivity (Wildman–Crippen MR) is 89.1 cm³/mol. The molecule has 0 saturated carbocycles. The smallest absolute Gasteiger partial charge is 0.117 e. The third kappa shape index (κ3) is 2.58. The van der Waals surface area contributed by atoms with Gasteiger partial charge in [0.1, 0.15) is 5.82 Å². The normalized spacial score (nSPS) is 22.8. The maximum absolute atomic E-state index is 6.15. The molecule has 1 N–H and O–H groups in total. The van der Waals surface area contributed by atoms with Crippen LogP contribution >= 0.6 is 11.6 Å². The van der Waals surface area contributed by atoms with E-state index in [1.807, 2.05) is 12.1 Å². The van der Waals surface area contributed by atoms with Gasteiger partial charge in [-0.2, -0.15) is 0 Å². The molecule has 0 bridgehead atoms. The molecule has 1 unspecified atom stereocenters. The Morgan fingerprint density at radius 2 is 2.24 bits per heavy atom. The fourth-order valence-electron chi connectivity index (χ4n) is 3.58. The van der Waals surface area contributed by atoms with E-state index < -0.39 is 0 Å². The Balaban J connectivity index is 2.17. The Morgan fingerprint density at radius 3 is 2.90 bits per heavy atom. The molecular formula is C17H24ClN3. The van der Waals surface area contributed by atoms with E-state index in [9.17, 15) is 0 Å². The van der Waals surface area contributed by atoms with E-state index in [1.165, 1.54) is 24.2 Å². The molecule has 1 aromatic carbocycles. The van der Waals surface area contributed by atoms with Crippen molar-refractivity contribution in [3.05, 3.63) is 29.0 Å². The fraction of sp³-hybridized carbons (Fsp3) is 0.588. The molecule has 114 valence electrons. The summed E-state index contributed by atoms with van der Waals surface area (Å²) in [6, 6.07) is 6.08. The summed E-state index contributed by atoms with van der Waals surface area (Å²) in [6.45, 7) is 7.69. The number of halogens is 1. The number of imidazole rings is 1. The van der Waals surface area contributed by atoms with Gasteiger partial charge in [-0.3, -0.25) is 0 Å². The zero-order chi connectivity index (χ0) is 14.9. The number of aromatic nitrogens is 2. The summed E-state index contributed by atoms with van der Waals surface area (Å²) in [5.41, 5.74) is 2.41.